The lowest BCUT2D eigenvalue weighted by Crippen LogP contribution is -2.51. The van der Waals surface area contributed by atoms with Gasteiger partial charge in [-0.05, 0) is 63.5 Å². The van der Waals surface area contributed by atoms with Gasteiger partial charge in [-0.3, -0.25) is 9.80 Å². The topological polar surface area (TPSA) is 9.72 Å². The molecular formula is C19H30ClN3. The summed E-state index contributed by atoms with van der Waals surface area (Å²) in [6, 6.07) is 9.04. The quantitative estimate of drug-likeness (QED) is 0.836. The van der Waals surface area contributed by atoms with Crippen molar-refractivity contribution < 1.29 is 0 Å². The summed E-state index contributed by atoms with van der Waals surface area (Å²) in [7, 11) is 2.23. The summed E-state index contributed by atoms with van der Waals surface area (Å²) < 4.78 is 0. The first-order valence-corrected chi connectivity index (χ1v) is 9.39. The number of likely N-dealkylation sites (N-methyl/N-ethyl adjacent to an activating group) is 1. The maximum atomic E-state index is 5.97. The predicted molar refractivity (Wildman–Crippen MR) is 98.0 cm³/mol. The van der Waals surface area contributed by atoms with Crippen LogP contribution in [0.4, 0.5) is 0 Å². The van der Waals surface area contributed by atoms with Crippen LogP contribution in [0.5, 0.6) is 0 Å². The van der Waals surface area contributed by atoms with Crippen LogP contribution in [-0.4, -0.2) is 67.1 Å². The molecule has 0 N–H and O–H groups in total. The lowest BCUT2D eigenvalue weighted by atomic mass is 9.89. The predicted octanol–water partition coefficient (Wildman–Crippen LogP) is 3.19. The molecule has 1 atom stereocenters. The van der Waals surface area contributed by atoms with Crippen molar-refractivity contribution in [2.75, 3.05) is 46.3 Å². The minimum atomic E-state index is 0.737. The van der Waals surface area contributed by atoms with Gasteiger partial charge in [-0.2, -0.15) is 0 Å². The molecule has 2 saturated heterocycles. The fourth-order valence-electron chi connectivity index (χ4n) is 3.97. The molecule has 0 aliphatic carbocycles. The van der Waals surface area contributed by atoms with E-state index >= 15 is 0 Å². The number of benzene rings is 1. The first-order valence-electron chi connectivity index (χ1n) is 9.01. The highest BCUT2D eigenvalue weighted by molar-refractivity contribution is 6.30. The van der Waals surface area contributed by atoms with Gasteiger partial charge in [0.05, 0.1) is 0 Å². The third-order valence-corrected chi connectivity index (χ3v) is 6.00. The summed E-state index contributed by atoms with van der Waals surface area (Å²) in [4.78, 5) is 7.74. The molecule has 3 nitrogen and oxygen atoms in total. The minimum Gasteiger partial charge on any atom is -0.304 e. The van der Waals surface area contributed by atoms with Gasteiger partial charge in [0.25, 0.3) is 0 Å². The Morgan fingerprint density at radius 3 is 2.22 bits per heavy atom. The van der Waals surface area contributed by atoms with Crippen LogP contribution >= 0.6 is 11.6 Å². The van der Waals surface area contributed by atoms with E-state index in [1.807, 2.05) is 12.1 Å². The summed E-state index contributed by atoms with van der Waals surface area (Å²) in [6.07, 6.45) is 2.67. The summed E-state index contributed by atoms with van der Waals surface area (Å²) in [5.74, 6) is 0.861. The second kappa shape index (κ2) is 7.98. The molecule has 0 spiro atoms. The van der Waals surface area contributed by atoms with Crippen LogP contribution < -0.4 is 0 Å². The van der Waals surface area contributed by atoms with E-state index in [4.69, 9.17) is 11.6 Å². The maximum Gasteiger partial charge on any atom is 0.0406 e. The SMILES string of the molecule is C[C@@H](C1CCN(Cc2ccc(Cl)cc2)CC1)N1CCN(C)CC1. The molecule has 1 aromatic carbocycles. The molecule has 2 fully saturated rings. The summed E-state index contributed by atoms with van der Waals surface area (Å²) >= 11 is 5.97. The second-order valence-electron chi connectivity index (χ2n) is 7.32. The average molecular weight is 336 g/mol. The zero-order valence-corrected chi connectivity index (χ0v) is 15.3. The number of piperazine rings is 1. The van der Waals surface area contributed by atoms with Gasteiger partial charge in [0.1, 0.15) is 0 Å². The molecular weight excluding hydrogens is 306 g/mol. The molecule has 3 rings (SSSR count). The van der Waals surface area contributed by atoms with Crippen LogP contribution in [0.2, 0.25) is 5.02 Å². The van der Waals surface area contributed by atoms with E-state index in [1.165, 1.54) is 57.7 Å². The van der Waals surface area contributed by atoms with E-state index in [1.54, 1.807) is 0 Å². The molecule has 23 heavy (non-hydrogen) atoms. The highest BCUT2D eigenvalue weighted by Gasteiger charge is 2.29. The smallest absolute Gasteiger partial charge is 0.0406 e. The minimum absolute atomic E-state index is 0.737. The Bertz CT molecular complexity index is 474. The van der Waals surface area contributed by atoms with Crippen molar-refractivity contribution in [3.8, 4) is 0 Å². The Morgan fingerprint density at radius 2 is 1.61 bits per heavy atom. The number of hydrogen-bond donors (Lipinski definition) is 0. The van der Waals surface area contributed by atoms with Gasteiger partial charge in [-0.15, -0.1) is 0 Å². The van der Waals surface area contributed by atoms with Crippen molar-refractivity contribution in [2.45, 2.75) is 32.4 Å². The number of piperidine rings is 1. The van der Waals surface area contributed by atoms with Crippen molar-refractivity contribution in [1.82, 2.24) is 14.7 Å². The lowest BCUT2D eigenvalue weighted by molar-refractivity contribution is 0.0598. The molecule has 128 valence electrons. The van der Waals surface area contributed by atoms with Crippen LogP contribution in [0.1, 0.15) is 25.3 Å². The van der Waals surface area contributed by atoms with Crippen LogP contribution in [0.15, 0.2) is 24.3 Å². The molecule has 0 unspecified atom stereocenters. The summed E-state index contributed by atoms with van der Waals surface area (Å²) in [5, 5.41) is 0.827. The first-order chi connectivity index (χ1) is 11.1. The number of nitrogens with zero attached hydrogens (tertiary/aromatic N) is 3. The molecule has 2 aliphatic heterocycles. The van der Waals surface area contributed by atoms with Gasteiger partial charge >= 0.3 is 0 Å². The molecule has 0 radical (unpaired) electrons. The van der Waals surface area contributed by atoms with Crippen molar-refractivity contribution >= 4 is 11.6 Å². The van der Waals surface area contributed by atoms with Crippen molar-refractivity contribution in [3.63, 3.8) is 0 Å². The van der Waals surface area contributed by atoms with E-state index in [-0.39, 0.29) is 0 Å². The van der Waals surface area contributed by atoms with Crippen molar-refractivity contribution in [1.29, 1.82) is 0 Å². The lowest BCUT2D eigenvalue weighted by Gasteiger charge is -2.42. The van der Waals surface area contributed by atoms with Crippen molar-refractivity contribution in [3.05, 3.63) is 34.9 Å². The van der Waals surface area contributed by atoms with Crippen LogP contribution in [0, 0.1) is 5.92 Å². The molecule has 0 amide bonds. The van der Waals surface area contributed by atoms with Gasteiger partial charge in [0.15, 0.2) is 0 Å². The van der Waals surface area contributed by atoms with Crippen molar-refractivity contribution in [2.24, 2.45) is 5.92 Å². The zero-order chi connectivity index (χ0) is 16.2. The number of hydrogen-bond acceptors (Lipinski definition) is 3. The second-order valence-corrected chi connectivity index (χ2v) is 7.76. The van der Waals surface area contributed by atoms with E-state index in [2.05, 4.69) is 40.8 Å². The largest absolute Gasteiger partial charge is 0.304 e. The molecule has 0 aromatic heterocycles. The van der Waals surface area contributed by atoms with E-state index in [0.29, 0.717) is 0 Å². The zero-order valence-electron chi connectivity index (χ0n) is 14.5. The summed E-state index contributed by atoms with van der Waals surface area (Å²) in [5.41, 5.74) is 1.37. The monoisotopic (exact) mass is 335 g/mol. The molecule has 2 aliphatic rings. The third kappa shape index (κ3) is 4.69. The molecule has 1 aromatic rings. The van der Waals surface area contributed by atoms with E-state index in [9.17, 15) is 0 Å². The number of halogens is 1. The highest BCUT2D eigenvalue weighted by Crippen LogP contribution is 2.25. The average Bonchev–Trinajstić information content (AvgIpc) is 2.58. The van der Waals surface area contributed by atoms with E-state index < -0.39 is 0 Å². The Labute approximate surface area is 146 Å². The number of likely N-dealkylation sites (tertiary alicyclic amines) is 1. The van der Waals surface area contributed by atoms with Crippen LogP contribution in [0.25, 0.3) is 0 Å². The molecule has 0 saturated carbocycles. The maximum absolute atomic E-state index is 5.97. The Hall–Kier alpha value is -0.610. The normalized spacial score (nSPS) is 24.0. The van der Waals surface area contributed by atoms with E-state index in [0.717, 1.165) is 23.5 Å². The van der Waals surface area contributed by atoms with Crippen LogP contribution in [-0.2, 0) is 6.54 Å². The Morgan fingerprint density at radius 1 is 1.00 bits per heavy atom. The van der Waals surface area contributed by atoms with Crippen LogP contribution in [0.3, 0.4) is 0 Å². The van der Waals surface area contributed by atoms with Gasteiger partial charge in [-0.1, -0.05) is 23.7 Å². The van der Waals surface area contributed by atoms with Gasteiger partial charge < -0.3 is 4.90 Å². The Balaban J connectivity index is 1.45. The molecule has 2 heterocycles. The highest BCUT2D eigenvalue weighted by atomic mass is 35.5. The molecule has 4 heteroatoms. The fourth-order valence-corrected chi connectivity index (χ4v) is 4.09. The first kappa shape index (κ1) is 17.2. The third-order valence-electron chi connectivity index (χ3n) is 5.75. The molecule has 0 bridgehead atoms. The summed E-state index contributed by atoms with van der Waals surface area (Å²) in [6.45, 7) is 10.9. The fraction of sp³-hybridized carbons (Fsp3) is 0.684. The Kier molecular flexibility index (Phi) is 5.97. The van der Waals surface area contributed by atoms with Gasteiger partial charge in [-0.25, -0.2) is 0 Å². The van der Waals surface area contributed by atoms with Gasteiger partial charge in [0, 0.05) is 43.8 Å². The number of rotatable bonds is 4. The van der Waals surface area contributed by atoms with Gasteiger partial charge in [0.2, 0.25) is 0 Å². The standard InChI is InChI=1S/C19H30ClN3/c1-16(23-13-11-21(2)12-14-23)18-7-9-22(10-8-18)15-17-3-5-19(20)6-4-17/h3-6,16,18H,7-15H2,1-2H3/t16-/m0/s1.